The van der Waals surface area contributed by atoms with Crippen LogP contribution in [0.2, 0.25) is 0 Å². The Balaban J connectivity index is 2.14. The van der Waals surface area contributed by atoms with Crippen molar-refractivity contribution in [3.63, 3.8) is 0 Å². The van der Waals surface area contributed by atoms with E-state index < -0.39 is 11.6 Å². The summed E-state index contributed by atoms with van der Waals surface area (Å²) in [7, 11) is 0. The molecule has 0 amide bonds. The van der Waals surface area contributed by atoms with E-state index in [-0.39, 0.29) is 6.04 Å². The van der Waals surface area contributed by atoms with Crippen LogP contribution in [0.4, 0.5) is 8.78 Å². The average molecular weight is 240 g/mol. The molecule has 0 fully saturated rings. The summed E-state index contributed by atoms with van der Waals surface area (Å²) in [6.45, 7) is 0. The van der Waals surface area contributed by atoms with Crippen LogP contribution in [0.3, 0.4) is 0 Å². The molecule has 0 saturated heterocycles. The maximum atomic E-state index is 13.0. The fourth-order valence-corrected chi connectivity index (χ4v) is 2.08. The van der Waals surface area contributed by atoms with E-state index in [1.54, 1.807) is 6.20 Å². The molecule has 2 nitrogen and oxygen atoms in total. The minimum atomic E-state index is -0.868. The highest BCUT2D eigenvalue weighted by Crippen LogP contribution is 2.19. The quantitative estimate of drug-likeness (QED) is 0.895. The molecule has 2 aromatic rings. The fourth-order valence-electron chi connectivity index (χ4n) is 1.40. The molecule has 0 spiro atoms. The molecule has 0 aliphatic carbocycles. The monoisotopic (exact) mass is 240 g/mol. The van der Waals surface area contributed by atoms with E-state index in [4.69, 9.17) is 5.73 Å². The van der Waals surface area contributed by atoms with Gasteiger partial charge in [-0.05, 0) is 17.7 Å². The number of hydrogen-bond acceptors (Lipinski definition) is 3. The molecule has 0 saturated carbocycles. The first kappa shape index (κ1) is 11.2. The van der Waals surface area contributed by atoms with Gasteiger partial charge >= 0.3 is 0 Å². The van der Waals surface area contributed by atoms with Crippen molar-refractivity contribution in [1.82, 2.24) is 4.98 Å². The van der Waals surface area contributed by atoms with Gasteiger partial charge < -0.3 is 5.73 Å². The fraction of sp³-hybridized carbons (Fsp3) is 0.182. The predicted molar refractivity (Wildman–Crippen MR) is 59.1 cm³/mol. The molecule has 0 radical (unpaired) electrons. The zero-order valence-corrected chi connectivity index (χ0v) is 9.18. The highest BCUT2D eigenvalue weighted by Gasteiger charge is 2.11. The lowest BCUT2D eigenvalue weighted by atomic mass is 10.0. The highest BCUT2D eigenvalue weighted by atomic mass is 32.1. The van der Waals surface area contributed by atoms with Gasteiger partial charge in [0.25, 0.3) is 0 Å². The Morgan fingerprint density at radius 1 is 1.31 bits per heavy atom. The van der Waals surface area contributed by atoms with Crippen molar-refractivity contribution in [2.24, 2.45) is 5.73 Å². The van der Waals surface area contributed by atoms with E-state index in [0.29, 0.717) is 12.0 Å². The Morgan fingerprint density at radius 3 is 2.75 bits per heavy atom. The van der Waals surface area contributed by atoms with Crippen molar-refractivity contribution in [2.75, 3.05) is 0 Å². The maximum absolute atomic E-state index is 13.0. The van der Waals surface area contributed by atoms with Crippen LogP contribution in [0.5, 0.6) is 0 Å². The molecular weight excluding hydrogens is 230 g/mol. The zero-order chi connectivity index (χ0) is 11.5. The molecule has 1 aromatic heterocycles. The number of aromatic nitrogens is 1. The van der Waals surface area contributed by atoms with Gasteiger partial charge in [-0.25, -0.2) is 13.8 Å². The van der Waals surface area contributed by atoms with Gasteiger partial charge in [0.2, 0.25) is 0 Å². The minimum absolute atomic E-state index is 0.360. The standard InChI is InChI=1S/C11H10F2N2S/c12-8-2-1-7(5-9(8)13)10(14)6-11-15-3-4-16-11/h1-5,10H,6,14H2. The summed E-state index contributed by atoms with van der Waals surface area (Å²) in [6.07, 6.45) is 2.22. The molecule has 5 heteroatoms. The predicted octanol–water partition coefficient (Wildman–Crippen LogP) is 2.66. The number of benzene rings is 1. The molecule has 84 valence electrons. The summed E-state index contributed by atoms with van der Waals surface area (Å²) < 4.78 is 25.7. The number of rotatable bonds is 3. The summed E-state index contributed by atoms with van der Waals surface area (Å²) in [5, 5.41) is 2.74. The van der Waals surface area contributed by atoms with Crippen molar-refractivity contribution < 1.29 is 8.78 Å². The van der Waals surface area contributed by atoms with Gasteiger partial charge in [-0.1, -0.05) is 6.07 Å². The number of nitrogens with two attached hydrogens (primary N) is 1. The third-order valence-corrected chi connectivity index (χ3v) is 3.05. The molecular formula is C11H10F2N2S. The molecule has 0 bridgehead atoms. The Hall–Kier alpha value is -1.33. The second-order valence-corrected chi connectivity index (χ2v) is 4.39. The molecule has 1 atom stereocenters. The number of halogens is 2. The Morgan fingerprint density at radius 2 is 2.12 bits per heavy atom. The Bertz CT molecular complexity index is 471. The number of thiazole rings is 1. The van der Waals surface area contributed by atoms with E-state index in [0.717, 1.165) is 17.1 Å². The molecule has 16 heavy (non-hydrogen) atoms. The first-order chi connectivity index (χ1) is 7.66. The summed E-state index contributed by atoms with van der Waals surface area (Å²) in [4.78, 5) is 4.09. The SMILES string of the molecule is NC(Cc1nccs1)c1ccc(F)c(F)c1. The Labute approximate surface area is 95.7 Å². The van der Waals surface area contributed by atoms with Gasteiger partial charge in [0.1, 0.15) is 0 Å². The van der Waals surface area contributed by atoms with Crippen molar-refractivity contribution in [3.05, 3.63) is 52.0 Å². The smallest absolute Gasteiger partial charge is 0.159 e. The molecule has 2 rings (SSSR count). The third-order valence-electron chi connectivity index (χ3n) is 2.25. The molecule has 2 N–H and O–H groups in total. The van der Waals surface area contributed by atoms with Crippen LogP contribution in [-0.2, 0) is 6.42 Å². The van der Waals surface area contributed by atoms with E-state index in [9.17, 15) is 8.78 Å². The lowest BCUT2D eigenvalue weighted by Gasteiger charge is -2.10. The van der Waals surface area contributed by atoms with Gasteiger partial charge in [-0.2, -0.15) is 0 Å². The van der Waals surface area contributed by atoms with Crippen LogP contribution >= 0.6 is 11.3 Å². The molecule has 1 aromatic carbocycles. The lowest BCUT2D eigenvalue weighted by molar-refractivity contribution is 0.505. The van der Waals surface area contributed by atoms with E-state index in [2.05, 4.69) is 4.98 Å². The molecule has 1 unspecified atom stereocenters. The highest BCUT2D eigenvalue weighted by molar-refractivity contribution is 7.09. The number of nitrogens with zero attached hydrogens (tertiary/aromatic N) is 1. The van der Waals surface area contributed by atoms with Gasteiger partial charge in [-0.3, -0.25) is 0 Å². The molecule has 1 heterocycles. The van der Waals surface area contributed by atoms with E-state index >= 15 is 0 Å². The summed E-state index contributed by atoms with van der Waals surface area (Å²) >= 11 is 1.49. The number of hydrogen-bond donors (Lipinski definition) is 1. The average Bonchev–Trinajstić information content (AvgIpc) is 2.74. The summed E-state index contributed by atoms with van der Waals surface area (Å²) in [6, 6.07) is 3.36. The van der Waals surface area contributed by atoms with Crippen LogP contribution in [0.1, 0.15) is 16.6 Å². The van der Waals surface area contributed by atoms with Crippen LogP contribution in [0.15, 0.2) is 29.8 Å². The minimum Gasteiger partial charge on any atom is -0.324 e. The van der Waals surface area contributed by atoms with Crippen LogP contribution in [0, 0.1) is 11.6 Å². The second kappa shape index (κ2) is 4.67. The van der Waals surface area contributed by atoms with Crippen LogP contribution in [0.25, 0.3) is 0 Å². The molecule has 0 aliphatic rings. The van der Waals surface area contributed by atoms with Crippen molar-refractivity contribution in [1.29, 1.82) is 0 Å². The van der Waals surface area contributed by atoms with Crippen molar-refractivity contribution >= 4 is 11.3 Å². The van der Waals surface area contributed by atoms with Gasteiger partial charge in [0, 0.05) is 24.0 Å². The van der Waals surface area contributed by atoms with Crippen LogP contribution < -0.4 is 5.73 Å². The molecule has 0 aliphatic heterocycles. The van der Waals surface area contributed by atoms with Crippen molar-refractivity contribution in [2.45, 2.75) is 12.5 Å². The van der Waals surface area contributed by atoms with E-state index in [1.807, 2.05) is 5.38 Å². The van der Waals surface area contributed by atoms with Gasteiger partial charge in [0.05, 0.1) is 5.01 Å². The van der Waals surface area contributed by atoms with Gasteiger partial charge in [-0.15, -0.1) is 11.3 Å². The largest absolute Gasteiger partial charge is 0.324 e. The van der Waals surface area contributed by atoms with E-state index in [1.165, 1.54) is 17.4 Å². The topological polar surface area (TPSA) is 38.9 Å². The first-order valence-electron chi connectivity index (χ1n) is 4.75. The Kier molecular flexibility index (Phi) is 3.26. The lowest BCUT2D eigenvalue weighted by Crippen LogP contribution is -2.13. The maximum Gasteiger partial charge on any atom is 0.159 e. The summed E-state index contributed by atoms with van der Waals surface area (Å²) in [5.74, 6) is -1.72. The first-order valence-corrected chi connectivity index (χ1v) is 5.63. The third kappa shape index (κ3) is 2.43. The normalized spacial score (nSPS) is 12.7. The second-order valence-electron chi connectivity index (χ2n) is 3.41. The summed E-state index contributed by atoms with van der Waals surface area (Å²) in [5.41, 5.74) is 6.46. The van der Waals surface area contributed by atoms with Gasteiger partial charge in [0.15, 0.2) is 11.6 Å². The van der Waals surface area contributed by atoms with Crippen molar-refractivity contribution in [3.8, 4) is 0 Å². The van der Waals surface area contributed by atoms with Crippen LogP contribution in [-0.4, -0.2) is 4.98 Å². The zero-order valence-electron chi connectivity index (χ0n) is 8.36.